The summed E-state index contributed by atoms with van der Waals surface area (Å²) in [5.41, 5.74) is 7.01. The van der Waals surface area contributed by atoms with Crippen molar-refractivity contribution in [1.82, 2.24) is 4.90 Å². The molecule has 0 saturated heterocycles. The maximum atomic E-state index is 12.2. The maximum absolute atomic E-state index is 12.2. The van der Waals surface area contributed by atoms with Gasteiger partial charge in [0.25, 0.3) is 5.91 Å². The van der Waals surface area contributed by atoms with E-state index in [1.807, 2.05) is 24.1 Å². The lowest BCUT2D eigenvalue weighted by molar-refractivity contribution is 0.0735. The van der Waals surface area contributed by atoms with Crippen LogP contribution < -0.4 is 5.73 Å². The molecule has 3 nitrogen and oxygen atoms in total. The third-order valence-electron chi connectivity index (χ3n) is 3.33. The number of benzene rings is 1. The average Bonchev–Trinajstić information content (AvgIpc) is 2.80. The fourth-order valence-electron chi connectivity index (χ4n) is 2.33. The van der Waals surface area contributed by atoms with Gasteiger partial charge >= 0.3 is 0 Å². The fourth-order valence-corrected chi connectivity index (χ4v) is 2.33. The maximum Gasteiger partial charge on any atom is 0.253 e. The number of nitrogens with two attached hydrogens (primary N) is 1. The standard InChI is InChI=1S/C13H18N2O.ClH/c1-15(12-7-2-3-8-12)13(16)10-5-4-6-11(14)9-10;/h4-6,9,12H,2-3,7-8,14H2,1H3;1H. The van der Waals surface area contributed by atoms with Crippen LogP contribution >= 0.6 is 12.4 Å². The Morgan fingerprint density at radius 2 is 2.00 bits per heavy atom. The van der Waals surface area contributed by atoms with Crippen LogP contribution in [0.5, 0.6) is 0 Å². The molecule has 1 aromatic carbocycles. The van der Waals surface area contributed by atoms with E-state index in [2.05, 4.69) is 0 Å². The van der Waals surface area contributed by atoms with Crippen molar-refractivity contribution in [3.63, 3.8) is 0 Å². The van der Waals surface area contributed by atoms with Crippen LogP contribution in [0.2, 0.25) is 0 Å². The molecule has 1 saturated carbocycles. The van der Waals surface area contributed by atoms with Gasteiger partial charge in [-0.15, -0.1) is 12.4 Å². The van der Waals surface area contributed by atoms with Gasteiger partial charge in [-0.05, 0) is 31.0 Å². The fraction of sp³-hybridized carbons (Fsp3) is 0.462. The molecule has 17 heavy (non-hydrogen) atoms. The molecule has 1 aliphatic carbocycles. The predicted molar refractivity (Wildman–Crippen MR) is 72.5 cm³/mol. The normalized spacial score (nSPS) is 15.4. The van der Waals surface area contributed by atoms with Gasteiger partial charge in [-0.3, -0.25) is 4.79 Å². The number of hydrogen-bond donors (Lipinski definition) is 1. The monoisotopic (exact) mass is 254 g/mol. The van der Waals surface area contributed by atoms with Gasteiger partial charge in [0.05, 0.1) is 0 Å². The lowest BCUT2D eigenvalue weighted by Gasteiger charge is -2.24. The summed E-state index contributed by atoms with van der Waals surface area (Å²) in [6, 6.07) is 7.60. The van der Waals surface area contributed by atoms with Crippen LogP contribution in [0.4, 0.5) is 5.69 Å². The molecule has 1 aromatic rings. The summed E-state index contributed by atoms with van der Waals surface area (Å²) in [7, 11) is 1.89. The smallest absolute Gasteiger partial charge is 0.253 e. The lowest BCUT2D eigenvalue weighted by Crippen LogP contribution is -2.35. The quantitative estimate of drug-likeness (QED) is 0.825. The number of nitrogens with zero attached hydrogens (tertiary/aromatic N) is 1. The highest BCUT2D eigenvalue weighted by Gasteiger charge is 2.23. The summed E-state index contributed by atoms with van der Waals surface area (Å²) in [5, 5.41) is 0. The van der Waals surface area contributed by atoms with Gasteiger partial charge < -0.3 is 10.6 Å². The van der Waals surface area contributed by atoms with Gasteiger partial charge in [-0.1, -0.05) is 18.9 Å². The zero-order valence-electron chi connectivity index (χ0n) is 10.1. The van der Waals surface area contributed by atoms with Crippen molar-refractivity contribution in [3.8, 4) is 0 Å². The minimum absolute atomic E-state index is 0. The van der Waals surface area contributed by atoms with Gasteiger partial charge in [-0.2, -0.15) is 0 Å². The first kappa shape index (κ1) is 13.8. The first-order valence-corrected chi connectivity index (χ1v) is 5.81. The van der Waals surface area contributed by atoms with Crippen molar-refractivity contribution in [3.05, 3.63) is 29.8 Å². The summed E-state index contributed by atoms with van der Waals surface area (Å²) in [6.07, 6.45) is 4.73. The van der Waals surface area contributed by atoms with Crippen LogP contribution in [0.15, 0.2) is 24.3 Å². The SMILES string of the molecule is CN(C(=O)c1cccc(N)c1)C1CCCC1.Cl. The van der Waals surface area contributed by atoms with Crippen molar-refractivity contribution in [1.29, 1.82) is 0 Å². The summed E-state index contributed by atoms with van der Waals surface area (Å²) < 4.78 is 0. The third-order valence-corrected chi connectivity index (χ3v) is 3.33. The number of nitrogen functional groups attached to an aromatic ring is 1. The van der Waals surface area contributed by atoms with E-state index in [1.54, 1.807) is 12.1 Å². The summed E-state index contributed by atoms with van der Waals surface area (Å²) in [4.78, 5) is 14.0. The molecule has 0 heterocycles. The van der Waals surface area contributed by atoms with Crippen LogP contribution in [0.3, 0.4) is 0 Å². The zero-order valence-corrected chi connectivity index (χ0v) is 10.9. The molecule has 1 amide bonds. The van der Waals surface area contributed by atoms with Crippen LogP contribution in [0.25, 0.3) is 0 Å². The largest absolute Gasteiger partial charge is 0.399 e. The van der Waals surface area contributed by atoms with Crippen molar-refractivity contribution in [2.45, 2.75) is 31.7 Å². The highest BCUT2D eigenvalue weighted by Crippen LogP contribution is 2.23. The van der Waals surface area contributed by atoms with Gasteiger partial charge in [0, 0.05) is 24.3 Å². The molecule has 2 rings (SSSR count). The molecule has 0 aromatic heterocycles. The molecule has 0 unspecified atom stereocenters. The molecule has 0 spiro atoms. The van der Waals surface area contributed by atoms with E-state index >= 15 is 0 Å². The first-order valence-electron chi connectivity index (χ1n) is 5.81. The topological polar surface area (TPSA) is 46.3 Å². The van der Waals surface area contributed by atoms with E-state index in [0.29, 0.717) is 17.3 Å². The molecule has 0 bridgehead atoms. The number of hydrogen-bond acceptors (Lipinski definition) is 2. The van der Waals surface area contributed by atoms with Crippen LogP contribution in [-0.2, 0) is 0 Å². The molecule has 2 N–H and O–H groups in total. The van der Waals surface area contributed by atoms with Gasteiger partial charge in [0.2, 0.25) is 0 Å². The molecule has 0 radical (unpaired) electrons. The zero-order chi connectivity index (χ0) is 11.5. The van der Waals surface area contributed by atoms with E-state index in [4.69, 9.17) is 5.73 Å². The second-order valence-corrected chi connectivity index (χ2v) is 4.48. The van der Waals surface area contributed by atoms with Crippen LogP contribution in [-0.4, -0.2) is 23.9 Å². The third kappa shape index (κ3) is 3.13. The van der Waals surface area contributed by atoms with Crippen molar-refractivity contribution < 1.29 is 4.79 Å². The Morgan fingerprint density at radius 3 is 2.59 bits per heavy atom. The van der Waals surface area contributed by atoms with Crippen LogP contribution in [0, 0.1) is 0 Å². The Morgan fingerprint density at radius 1 is 1.35 bits per heavy atom. The Hall–Kier alpha value is -1.22. The highest BCUT2D eigenvalue weighted by atomic mass is 35.5. The summed E-state index contributed by atoms with van der Waals surface area (Å²) in [5.74, 6) is 0.0826. The Labute approximate surface area is 108 Å². The van der Waals surface area contributed by atoms with E-state index in [0.717, 1.165) is 12.8 Å². The van der Waals surface area contributed by atoms with Gasteiger partial charge in [-0.25, -0.2) is 0 Å². The Balaban J connectivity index is 0.00000144. The first-order chi connectivity index (χ1) is 7.68. The van der Waals surface area contributed by atoms with E-state index in [9.17, 15) is 4.79 Å². The molecular formula is C13H19ClN2O. The van der Waals surface area contributed by atoms with E-state index < -0.39 is 0 Å². The second kappa shape index (κ2) is 5.92. The molecule has 94 valence electrons. The van der Waals surface area contributed by atoms with E-state index in [-0.39, 0.29) is 18.3 Å². The van der Waals surface area contributed by atoms with E-state index in [1.165, 1.54) is 12.8 Å². The molecule has 1 aliphatic rings. The highest BCUT2D eigenvalue weighted by molar-refractivity contribution is 5.95. The minimum Gasteiger partial charge on any atom is -0.399 e. The summed E-state index contributed by atoms with van der Waals surface area (Å²) >= 11 is 0. The molecular weight excluding hydrogens is 236 g/mol. The number of carbonyl (C=O) groups excluding carboxylic acids is 1. The Bertz CT molecular complexity index is 389. The van der Waals surface area contributed by atoms with Crippen molar-refractivity contribution >= 4 is 24.0 Å². The lowest BCUT2D eigenvalue weighted by atomic mass is 10.1. The van der Waals surface area contributed by atoms with Crippen molar-refractivity contribution in [2.75, 3.05) is 12.8 Å². The Kier molecular flexibility index (Phi) is 4.82. The second-order valence-electron chi connectivity index (χ2n) is 4.48. The number of rotatable bonds is 2. The number of amides is 1. The minimum atomic E-state index is 0. The van der Waals surface area contributed by atoms with Crippen molar-refractivity contribution in [2.24, 2.45) is 0 Å². The number of anilines is 1. The molecule has 1 fully saturated rings. The number of carbonyl (C=O) groups is 1. The predicted octanol–water partition coefficient (Wildman–Crippen LogP) is 2.71. The van der Waals surface area contributed by atoms with Crippen LogP contribution in [0.1, 0.15) is 36.0 Å². The van der Waals surface area contributed by atoms with Gasteiger partial charge in [0.1, 0.15) is 0 Å². The molecule has 0 aliphatic heterocycles. The number of halogens is 1. The average molecular weight is 255 g/mol. The summed E-state index contributed by atoms with van der Waals surface area (Å²) in [6.45, 7) is 0. The molecule has 4 heteroatoms. The molecule has 0 atom stereocenters. The van der Waals surface area contributed by atoms with Gasteiger partial charge in [0.15, 0.2) is 0 Å².